The summed E-state index contributed by atoms with van der Waals surface area (Å²) in [6.07, 6.45) is 5.59. The van der Waals surface area contributed by atoms with Crippen molar-refractivity contribution in [2.45, 2.75) is 13.5 Å². The third kappa shape index (κ3) is 3.19. The second kappa shape index (κ2) is 6.03. The molecule has 1 aromatic heterocycles. The zero-order valence-corrected chi connectivity index (χ0v) is 13.1. The van der Waals surface area contributed by atoms with Crippen LogP contribution in [0.1, 0.15) is 12.5 Å². The molecule has 2 aliphatic heterocycles. The summed E-state index contributed by atoms with van der Waals surface area (Å²) in [4.78, 5) is 21.4. The fraction of sp³-hybridized carbons (Fsp3) is 0.500. The number of aliphatic imine (C=N–C) groups is 1. The minimum Gasteiger partial charge on any atom is -0.348 e. The first-order valence-corrected chi connectivity index (χ1v) is 7.96. The van der Waals surface area contributed by atoms with E-state index in [1.54, 1.807) is 6.20 Å². The van der Waals surface area contributed by atoms with Crippen LogP contribution in [0.2, 0.25) is 0 Å². The molecule has 0 bridgehead atoms. The van der Waals surface area contributed by atoms with E-state index in [1.165, 1.54) is 11.8 Å². The first-order valence-electron chi connectivity index (χ1n) is 7.14. The van der Waals surface area contributed by atoms with Gasteiger partial charge in [0.1, 0.15) is 0 Å². The number of aromatic nitrogens is 2. The highest BCUT2D eigenvalue weighted by molar-refractivity contribution is 8.18. The number of nitrogens with zero attached hydrogens (tertiary/aromatic N) is 5. The molecule has 21 heavy (non-hydrogen) atoms. The van der Waals surface area contributed by atoms with E-state index in [1.807, 2.05) is 23.9 Å². The molecule has 1 aromatic rings. The summed E-state index contributed by atoms with van der Waals surface area (Å²) >= 11 is 1.47. The normalized spacial score (nSPS) is 22.2. The van der Waals surface area contributed by atoms with Gasteiger partial charge in [0.2, 0.25) is 0 Å². The van der Waals surface area contributed by atoms with E-state index in [4.69, 9.17) is 0 Å². The topological polar surface area (TPSA) is 53.7 Å². The van der Waals surface area contributed by atoms with Crippen molar-refractivity contribution in [1.82, 2.24) is 19.6 Å². The molecule has 6 nitrogen and oxygen atoms in total. The van der Waals surface area contributed by atoms with Gasteiger partial charge in [-0.2, -0.15) is 10.1 Å². The Balaban J connectivity index is 1.69. The van der Waals surface area contributed by atoms with Gasteiger partial charge in [0.05, 0.1) is 11.1 Å². The van der Waals surface area contributed by atoms with Gasteiger partial charge >= 0.3 is 0 Å². The van der Waals surface area contributed by atoms with Crippen molar-refractivity contribution in [1.29, 1.82) is 0 Å². The lowest BCUT2D eigenvalue weighted by Gasteiger charge is -2.32. The van der Waals surface area contributed by atoms with Gasteiger partial charge in [-0.25, -0.2) is 0 Å². The fourth-order valence-corrected chi connectivity index (χ4v) is 3.27. The highest BCUT2D eigenvalue weighted by Crippen LogP contribution is 2.30. The van der Waals surface area contributed by atoms with Gasteiger partial charge in [0.25, 0.3) is 5.91 Å². The summed E-state index contributed by atoms with van der Waals surface area (Å²) < 4.78 is 1.85. The van der Waals surface area contributed by atoms with Crippen molar-refractivity contribution >= 4 is 28.9 Å². The van der Waals surface area contributed by atoms with Gasteiger partial charge in [0.15, 0.2) is 5.17 Å². The molecular formula is C14H19N5OS. The Hall–Kier alpha value is -1.60. The minimum atomic E-state index is -0.141. The largest absolute Gasteiger partial charge is 0.348 e. The van der Waals surface area contributed by atoms with Crippen LogP contribution in [0.5, 0.6) is 0 Å². The number of thioether (sulfide) groups is 1. The number of aryl methyl sites for hydroxylation is 1. The third-order valence-electron chi connectivity index (χ3n) is 3.66. The molecule has 3 heterocycles. The number of piperazine rings is 1. The maximum absolute atomic E-state index is 12.0. The molecule has 2 aliphatic rings. The van der Waals surface area contributed by atoms with Crippen LogP contribution < -0.4 is 0 Å². The number of hydrogen-bond donors (Lipinski definition) is 0. The Morgan fingerprint density at radius 1 is 1.33 bits per heavy atom. The molecule has 1 fully saturated rings. The molecule has 0 saturated carbocycles. The average Bonchev–Trinajstić information content (AvgIpc) is 3.08. The average molecular weight is 305 g/mol. The molecule has 0 aliphatic carbocycles. The van der Waals surface area contributed by atoms with Crippen molar-refractivity contribution < 1.29 is 4.79 Å². The Labute approximate surface area is 128 Å². The highest BCUT2D eigenvalue weighted by atomic mass is 32.2. The smallest absolute Gasteiger partial charge is 0.286 e. The number of hydrogen-bond acceptors (Lipinski definition) is 5. The minimum absolute atomic E-state index is 0.141. The molecule has 0 unspecified atom stereocenters. The van der Waals surface area contributed by atoms with E-state index in [-0.39, 0.29) is 5.91 Å². The molecule has 3 rings (SSSR count). The van der Waals surface area contributed by atoms with Gasteiger partial charge in [-0.15, -0.1) is 0 Å². The first kappa shape index (κ1) is 14.3. The van der Waals surface area contributed by atoms with E-state index in [9.17, 15) is 4.79 Å². The van der Waals surface area contributed by atoms with Crippen molar-refractivity contribution in [2.24, 2.45) is 4.99 Å². The van der Waals surface area contributed by atoms with Gasteiger partial charge < -0.3 is 9.80 Å². The molecular weight excluding hydrogens is 286 g/mol. The van der Waals surface area contributed by atoms with E-state index < -0.39 is 0 Å². The number of rotatable bonds is 2. The van der Waals surface area contributed by atoms with Crippen LogP contribution in [0.3, 0.4) is 0 Å². The van der Waals surface area contributed by atoms with Crippen molar-refractivity contribution in [2.75, 3.05) is 33.2 Å². The Kier molecular flexibility index (Phi) is 4.12. The number of amidine groups is 1. The summed E-state index contributed by atoms with van der Waals surface area (Å²) in [5.41, 5.74) is 0.947. The van der Waals surface area contributed by atoms with Crippen LogP contribution in [-0.2, 0) is 11.3 Å². The molecule has 0 radical (unpaired) electrons. The Morgan fingerprint density at radius 3 is 2.76 bits per heavy atom. The van der Waals surface area contributed by atoms with Crippen LogP contribution in [0.25, 0.3) is 6.08 Å². The number of amides is 1. The molecule has 1 amide bonds. The van der Waals surface area contributed by atoms with Crippen molar-refractivity contribution in [3.63, 3.8) is 0 Å². The van der Waals surface area contributed by atoms with Gasteiger partial charge in [-0.3, -0.25) is 9.48 Å². The van der Waals surface area contributed by atoms with E-state index in [0.717, 1.165) is 43.5 Å². The summed E-state index contributed by atoms with van der Waals surface area (Å²) in [5, 5.41) is 5.05. The summed E-state index contributed by atoms with van der Waals surface area (Å²) in [5.74, 6) is -0.141. The Morgan fingerprint density at radius 2 is 2.10 bits per heavy atom. The number of carbonyl (C=O) groups is 1. The van der Waals surface area contributed by atoms with Crippen molar-refractivity contribution in [3.05, 3.63) is 22.9 Å². The summed E-state index contributed by atoms with van der Waals surface area (Å²) in [7, 11) is 2.11. The van der Waals surface area contributed by atoms with Gasteiger partial charge in [0, 0.05) is 44.5 Å². The monoisotopic (exact) mass is 305 g/mol. The van der Waals surface area contributed by atoms with Crippen LogP contribution >= 0.6 is 11.8 Å². The summed E-state index contributed by atoms with van der Waals surface area (Å²) in [6, 6.07) is 0. The lowest BCUT2D eigenvalue weighted by Crippen LogP contribution is -2.46. The van der Waals surface area contributed by atoms with Crippen LogP contribution in [0.15, 0.2) is 22.3 Å². The third-order valence-corrected chi connectivity index (χ3v) is 4.70. The molecule has 0 aromatic carbocycles. The molecule has 0 spiro atoms. The predicted molar refractivity (Wildman–Crippen MR) is 85.0 cm³/mol. The maximum Gasteiger partial charge on any atom is 0.286 e. The van der Waals surface area contributed by atoms with E-state index in [0.29, 0.717) is 4.91 Å². The van der Waals surface area contributed by atoms with Crippen LogP contribution in [0.4, 0.5) is 0 Å². The lowest BCUT2D eigenvalue weighted by atomic mass is 10.3. The first-order chi connectivity index (χ1) is 10.2. The lowest BCUT2D eigenvalue weighted by molar-refractivity contribution is -0.113. The SMILES string of the molecule is CCn1cc(/C=C2\SC(N3CCN(C)CC3)=NC2=O)cn1. The molecule has 0 N–H and O–H groups in total. The standard InChI is InChI=1S/C14H19N5OS/c1-3-19-10-11(9-15-19)8-12-13(20)16-14(21-12)18-6-4-17(2)5-7-18/h8-10H,3-7H2,1-2H3/b12-8-. The number of likely N-dealkylation sites (N-methyl/N-ethyl adjacent to an activating group) is 1. The second-order valence-corrected chi connectivity index (χ2v) is 6.24. The second-order valence-electron chi connectivity index (χ2n) is 5.23. The Bertz CT molecular complexity index is 598. The van der Waals surface area contributed by atoms with Crippen LogP contribution in [-0.4, -0.2) is 63.9 Å². The zero-order valence-electron chi connectivity index (χ0n) is 12.3. The number of carbonyl (C=O) groups excluding carboxylic acids is 1. The van der Waals surface area contributed by atoms with Crippen molar-refractivity contribution in [3.8, 4) is 0 Å². The van der Waals surface area contributed by atoms with Gasteiger partial charge in [-0.05, 0) is 31.8 Å². The predicted octanol–water partition coefficient (Wildman–Crippen LogP) is 1.12. The van der Waals surface area contributed by atoms with E-state index in [2.05, 4.69) is 26.9 Å². The highest BCUT2D eigenvalue weighted by Gasteiger charge is 2.27. The molecule has 112 valence electrons. The molecule has 0 atom stereocenters. The fourth-order valence-electron chi connectivity index (χ4n) is 2.31. The van der Waals surface area contributed by atoms with Crippen LogP contribution in [0, 0.1) is 0 Å². The maximum atomic E-state index is 12.0. The molecule has 7 heteroatoms. The summed E-state index contributed by atoms with van der Waals surface area (Å²) in [6.45, 7) is 6.74. The van der Waals surface area contributed by atoms with Gasteiger partial charge in [-0.1, -0.05) is 0 Å². The quantitative estimate of drug-likeness (QED) is 0.767. The van der Waals surface area contributed by atoms with E-state index >= 15 is 0 Å². The zero-order chi connectivity index (χ0) is 14.8. The molecule has 1 saturated heterocycles.